The van der Waals surface area contributed by atoms with Crippen LogP contribution in [0.4, 0.5) is 0 Å². The Balaban J connectivity index is 0.00000161. The summed E-state index contributed by atoms with van der Waals surface area (Å²) in [5.41, 5.74) is 0.772. The molecule has 1 atom stereocenters. The number of ether oxygens (including phenoxy) is 1. The van der Waals surface area contributed by atoms with Crippen LogP contribution in [-0.2, 0) is 0 Å². The largest absolute Gasteiger partial charge is 0.478 e. The van der Waals surface area contributed by atoms with Gasteiger partial charge in [-0.3, -0.25) is 0 Å². The molecule has 1 N–H and O–H groups in total. The maximum Gasteiger partial charge on any atom is 0.175 e. The summed E-state index contributed by atoms with van der Waals surface area (Å²) < 4.78 is 17.1. The molecule has 0 unspecified atom stereocenters. The summed E-state index contributed by atoms with van der Waals surface area (Å²) in [5.74, 6) is 1.56. The fraction of sp³-hybridized carbons (Fsp3) is 0.250. The molecule has 3 aromatic rings. The Labute approximate surface area is 130 Å². The molecule has 0 aliphatic carbocycles. The molecule has 0 saturated carbocycles. The maximum atomic E-state index is 6.11. The van der Waals surface area contributed by atoms with Gasteiger partial charge in [0.2, 0.25) is 0 Å². The second kappa shape index (κ2) is 7.24. The van der Waals surface area contributed by atoms with Crippen molar-refractivity contribution in [3.05, 3.63) is 54.7 Å². The lowest BCUT2D eigenvalue weighted by Crippen LogP contribution is -2.15. The van der Waals surface area contributed by atoms with E-state index in [1.165, 1.54) is 0 Å². The van der Waals surface area contributed by atoms with Crippen LogP contribution in [0.1, 0.15) is 18.3 Å². The second-order valence-electron chi connectivity index (χ2n) is 4.61. The second-order valence-corrected chi connectivity index (χ2v) is 4.61. The van der Waals surface area contributed by atoms with Crippen molar-refractivity contribution < 1.29 is 13.6 Å². The lowest BCUT2D eigenvalue weighted by Gasteiger charge is -2.17. The van der Waals surface area contributed by atoms with Gasteiger partial charge in [0.1, 0.15) is 5.76 Å². The van der Waals surface area contributed by atoms with Crippen molar-refractivity contribution in [3.63, 3.8) is 0 Å². The first kappa shape index (κ1) is 15.5. The van der Waals surface area contributed by atoms with Crippen molar-refractivity contribution >= 4 is 24.5 Å². The monoisotopic (exact) mass is 305 g/mol. The standard InChI is InChI=1S/C16H17NO3.H2S/c1-17-9-7-14(13-6-3-10-18-13)20-15-5-2-4-12-8-11-19-16(12)15;/h2-6,8,10-11,14,17H,7,9H2,1H3;1H2/t14-;/m0./s1. The molecule has 0 fully saturated rings. The minimum atomic E-state index is -0.131. The number of nitrogens with one attached hydrogen (secondary N) is 1. The molecule has 2 aromatic heterocycles. The van der Waals surface area contributed by atoms with Gasteiger partial charge in [-0.2, -0.15) is 13.5 Å². The highest BCUT2D eigenvalue weighted by Crippen LogP contribution is 2.31. The Morgan fingerprint density at radius 1 is 1.10 bits per heavy atom. The molecule has 0 radical (unpaired) electrons. The van der Waals surface area contributed by atoms with Gasteiger partial charge in [-0.1, -0.05) is 12.1 Å². The molecule has 0 aliphatic heterocycles. The molecular weight excluding hydrogens is 286 g/mol. The summed E-state index contributed by atoms with van der Waals surface area (Å²) in [4.78, 5) is 0. The van der Waals surface area contributed by atoms with Gasteiger partial charge in [0.15, 0.2) is 17.4 Å². The summed E-state index contributed by atoms with van der Waals surface area (Å²) >= 11 is 0. The zero-order valence-corrected chi connectivity index (χ0v) is 12.8. The van der Waals surface area contributed by atoms with Gasteiger partial charge in [-0.25, -0.2) is 0 Å². The Morgan fingerprint density at radius 2 is 2.00 bits per heavy atom. The molecule has 21 heavy (non-hydrogen) atoms. The van der Waals surface area contributed by atoms with E-state index >= 15 is 0 Å². The van der Waals surface area contributed by atoms with Gasteiger partial charge >= 0.3 is 0 Å². The molecule has 5 heteroatoms. The SMILES string of the molecule is CNCC[C@H](Oc1cccc2ccoc12)c1ccco1.S. The van der Waals surface area contributed by atoms with Gasteiger partial charge in [0.05, 0.1) is 12.5 Å². The fourth-order valence-electron chi connectivity index (χ4n) is 2.22. The van der Waals surface area contributed by atoms with Crippen LogP contribution in [0.3, 0.4) is 0 Å². The molecule has 4 nitrogen and oxygen atoms in total. The number of furan rings is 2. The maximum absolute atomic E-state index is 6.11. The quantitative estimate of drug-likeness (QED) is 0.751. The van der Waals surface area contributed by atoms with E-state index in [0.717, 1.165) is 35.4 Å². The highest BCUT2D eigenvalue weighted by Gasteiger charge is 2.18. The molecular formula is C16H19NO3S. The van der Waals surface area contributed by atoms with Crippen LogP contribution in [0, 0.1) is 0 Å². The van der Waals surface area contributed by atoms with Gasteiger partial charge in [-0.05, 0) is 37.9 Å². The lowest BCUT2D eigenvalue weighted by atomic mass is 10.2. The number of hydrogen-bond donors (Lipinski definition) is 1. The average Bonchev–Trinajstić information content (AvgIpc) is 3.14. The number of hydrogen-bond acceptors (Lipinski definition) is 4. The third-order valence-electron chi connectivity index (χ3n) is 3.23. The van der Waals surface area contributed by atoms with Crippen molar-refractivity contribution in [2.75, 3.05) is 13.6 Å². The van der Waals surface area contributed by atoms with Gasteiger partial charge in [0, 0.05) is 11.8 Å². The zero-order chi connectivity index (χ0) is 13.8. The molecule has 0 amide bonds. The highest BCUT2D eigenvalue weighted by molar-refractivity contribution is 7.59. The summed E-state index contributed by atoms with van der Waals surface area (Å²) in [6, 6.07) is 11.6. The van der Waals surface area contributed by atoms with E-state index in [0.29, 0.717) is 0 Å². The topological polar surface area (TPSA) is 47.5 Å². The smallest absolute Gasteiger partial charge is 0.175 e. The van der Waals surface area contributed by atoms with Gasteiger partial charge in [-0.15, -0.1) is 0 Å². The summed E-state index contributed by atoms with van der Waals surface area (Å²) in [7, 11) is 1.92. The predicted octanol–water partition coefficient (Wildman–Crippen LogP) is 3.87. The van der Waals surface area contributed by atoms with E-state index < -0.39 is 0 Å². The van der Waals surface area contributed by atoms with Crippen LogP contribution < -0.4 is 10.1 Å². The van der Waals surface area contributed by atoms with E-state index in [-0.39, 0.29) is 19.6 Å². The molecule has 1 aromatic carbocycles. The molecule has 0 aliphatic rings. The lowest BCUT2D eigenvalue weighted by molar-refractivity contribution is 0.167. The van der Waals surface area contributed by atoms with E-state index in [1.807, 2.05) is 43.4 Å². The normalized spacial score (nSPS) is 12.0. The first-order chi connectivity index (χ1) is 9.88. The Morgan fingerprint density at radius 3 is 2.76 bits per heavy atom. The number of benzene rings is 1. The third-order valence-corrected chi connectivity index (χ3v) is 3.23. The predicted molar refractivity (Wildman–Crippen MR) is 87.2 cm³/mol. The van der Waals surface area contributed by atoms with Crippen molar-refractivity contribution in [2.45, 2.75) is 12.5 Å². The van der Waals surface area contributed by atoms with Crippen molar-refractivity contribution in [1.29, 1.82) is 0 Å². The number of para-hydroxylation sites is 1. The minimum Gasteiger partial charge on any atom is -0.478 e. The third kappa shape index (κ3) is 3.43. The average molecular weight is 305 g/mol. The van der Waals surface area contributed by atoms with E-state index in [4.69, 9.17) is 13.6 Å². The van der Waals surface area contributed by atoms with E-state index in [9.17, 15) is 0 Å². The fourth-order valence-corrected chi connectivity index (χ4v) is 2.22. The molecule has 0 saturated heterocycles. The Kier molecular flexibility index (Phi) is 5.36. The van der Waals surface area contributed by atoms with Crippen LogP contribution in [-0.4, -0.2) is 13.6 Å². The minimum absolute atomic E-state index is 0. The summed E-state index contributed by atoms with van der Waals surface area (Å²) in [5, 5.41) is 4.17. The van der Waals surface area contributed by atoms with Crippen molar-refractivity contribution in [3.8, 4) is 5.75 Å². The van der Waals surface area contributed by atoms with Crippen LogP contribution >= 0.6 is 13.5 Å². The summed E-state index contributed by atoms with van der Waals surface area (Å²) in [6.07, 6.45) is 4.03. The number of rotatable bonds is 6. The Hall–Kier alpha value is -1.85. The Bertz CT molecular complexity index is 663. The van der Waals surface area contributed by atoms with E-state index in [2.05, 4.69) is 5.32 Å². The highest BCUT2D eigenvalue weighted by atomic mass is 32.1. The van der Waals surface area contributed by atoms with Gasteiger partial charge in [0.25, 0.3) is 0 Å². The van der Waals surface area contributed by atoms with E-state index in [1.54, 1.807) is 12.5 Å². The van der Waals surface area contributed by atoms with Crippen LogP contribution in [0.25, 0.3) is 11.0 Å². The zero-order valence-electron chi connectivity index (χ0n) is 11.8. The summed E-state index contributed by atoms with van der Waals surface area (Å²) in [6.45, 7) is 0.847. The van der Waals surface area contributed by atoms with Crippen molar-refractivity contribution in [2.24, 2.45) is 0 Å². The van der Waals surface area contributed by atoms with Crippen LogP contribution in [0.2, 0.25) is 0 Å². The molecule has 112 valence electrons. The van der Waals surface area contributed by atoms with Crippen molar-refractivity contribution in [1.82, 2.24) is 5.32 Å². The molecule has 0 bridgehead atoms. The first-order valence-corrected chi connectivity index (χ1v) is 6.69. The first-order valence-electron chi connectivity index (χ1n) is 6.69. The number of fused-ring (bicyclic) bond motifs is 1. The van der Waals surface area contributed by atoms with Crippen LogP contribution in [0.15, 0.2) is 57.8 Å². The van der Waals surface area contributed by atoms with Crippen LogP contribution in [0.5, 0.6) is 5.75 Å². The molecule has 3 rings (SSSR count). The van der Waals surface area contributed by atoms with Gasteiger partial charge < -0.3 is 18.9 Å². The molecule has 0 spiro atoms. The molecule has 2 heterocycles.